The third-order valence-electron chi connectivity index (χ3n) is 3.04. The fourth-order valence-corrected chi connectivity index (χ4v) is 4.33. The van der Waals surface area contributed by atoms with Crippen LogP contribution in [0.25, 0.3) is 0 Å². The number of unbranched alkanes of at least 4 members (excludes halogenated alkanes) is 4. The van der Waals surface area contributed by atoms with E-state index in [2.05, 4.69) is 9.47 Å². The monoisotopic (exact) mass is 372 g/mol. The minimum atomic E-state index is -3.45. The molecule has 0 saturated carbocycles. The fraction of sp³-hybridized carbons (Fsp3) is 0.846. The first kappa shape index (κ1) is 21.8. The minimum absolute atomic E-state index is 0.0945. The minimum Gasteiger partial charge on any atom is -0.468 e. The third kappa shape index (κ3) is 12.0. The van der Waals surface area contributed by atoms with Crippen molar-refractivity contribution in [3.8, 4) is 0 Å². The van der Waals surface area contributed by atoms with Crippen molar-refractivity contribution >= 4 is 31.6 Å². The molecule has 0 radical (unpaired) electrons. The Morgan fingerprint density at radius 3 is 1.26 bits per heavy atom. The maximum atomic E-state index is 11.5. The van der Waals surface area contributed by atoms with Gasteiger partial charge < -0.3 is 9.47 Å². The first-order valence-corrected chi connectivity index (χ1v) is 10.8. The molecule has 0 aliphatic carbocycles. The highest BCUT2D eigenvalue weighted by Gasteiger charge is 2.17. The van der Waals surface area contributed by atoms with Gasteiger partial charge in [0, 0.05) is 0 Å². The molecule has 0 N–H and O–H groups in total. The van der Waals surface area contributed by atoms with Crippen LogP contribution in [0.3, 0.4) is 0 Å². The SMILES string of the molecule is COC(=O)CS(=O)(=O)CCCCCCCS(=O)(=O)CC(=O)OC. The Hall–Kier alpha value is -1.16. The van der Waals surface area contributed by atoms with Crippen LogP contribution in [-0.2, 0) is 38.7 Å². The van der Waals surface area contributed by atoms with E-state index in [-0.39, 0.29) is 11.5 Å². The molecule has 136 valence electrons. The van der Waals surface area contributed by atoms with Crippen molar-refractivity contribution in [2.24, 2.45) is 0 Å². The van der Waals surface area contributed by atoms with Crippen LogP contribution in [-0.4, -0.2) is 66.0 Å². The summed E-state index contributed by atoms with van der Waals surface area (Å²) < 4.78 is 54.7. The molecule has 0 unspecified atom stereocenters. The Bertz CT molecular complexity index is 525. The highest BCUT2D eigenvalue weighted by atomic mass is 32.2. The number of ether oxygens (including phenoxy) is 2. The van der Waals surface area contributed by atoms with Gasteiger partial charge >= 0.3 is 11.9 Å². The first-order chi connectivity index (χ1) is 10.6. The summed E-state index contributed by atoms with van der Waals surface area (Å²) in [5, 5.41) is 0. The van der Waals surface area contributed by atoms with Crippen LogP contribution >= 0.6 is 0 Å². The molecular weight excluding hydrogens is 348 g/mol. The lowest BCUT2D eigenvalue weighted by atomic mass is 10.2. The van der Waals surface area contributed by atoms with E-state index in [0.29, 0.717) is 32.1 Å². The van der Waals surface area contributed by atoms with E-state index < -0.39 is 43.1 Å². The number of carbonyl (C=O) groups excluding carboxylic acids is 2. The summed E-state index contributed by atoms with van der Waals surface area (Å²) in [4.78, 5) is 21.8. The lowest BCUT2D eigenvalue weighted by Gasteiger charge is -2.04. The van der Waals surface area contributed by atoms with Crippen molar-refractivity contribution in [2.75, 3.05) is 37.2 Å². The van der Waals surface area contributed by atoms with Gasteiger partial charge in [-0.1, -0.05) is 19.3 Å². The Morgan fingerprint density at radius 1 is 0.652 bits per heavy atom. The molecule has 0 bridgehead atoms. The molecule has 8 nitrogen and oxygen atoms in total. The summed E-state index contributed by atoms with van der Waals surface area (Å²) in [6.45, 7) is 0. The number of methoxy groups -OCH3 is 2. The maximum Gasteiger partial charge on any atom is 0.320 e. The second kappa shape index (κ2) is 10.6. The molecule has 0 aliphatic heterocycles. The molecule has 23 heavy (non-hydrogen) atoms. The molecule has 0 saturated heterocycles. The highest BCUT2D eigenvalue weighted by molar-refractivity contribution is 7.92. The summed E-state index contributed by atoms with van der Waals surface area (Å²) in [7, 11) is -4.63. The van der Waals surface area contributed by atoms with E-state index in [1.54, 1.807) is 0 Å². The van der Waals surface area contributed by atoms with Gasteiger partial charge in [0.15, 0.2) is 19.7 Å². The zero-order chi connectivity index (χ0) is 17.9. The molecule has 0 aliphatic rings. The number of rotatable bonds is 12. The van der Waals surface area contributed by atoms with Crippen LogP contribution in [0, 0.1) is 0 Å². The highest BCUT2D eigenvalue weighted by Crippen LogP contribution is 2.07. The largest absolute Gasteiger partial charge is 0.468 e. The van der Waals surface area contributed by atoms with Gasteiger partial charge in [0.2, 0.25) is 0 Å². The molecule has 0 spiro atoms. The number of esters is 2. The number of sulfone groups is 2. The van der Waals surface area contributed by atoms with E-state index >= 15 is 0 Å². The predicted molar refractivity (Wildman–Crippen MR) is 84.4 cm³/mol. The Balaban J connectivity index is 3.82. The maximum absolute atomic E-state index is 11.5. The van der Waals surface area contributed by atoms with E-state index in [0.717, 1.165) is 14.2 Å². The van der Waals surface area contributed by atoms with Gasteiger partial charge in [-0.2, -0.15) is 0 Å². The molecule has 0 heterocycles. The summed E-state index contributed by atoms with van der Waals surface area (Å²) in [6, 6.07) is 0. The second-order valence-corrected chi connectivity index (χ2v) is 9.47. The summed E-state index contributed by atoms with van der Waals surface area (Å²) >= 11 is 0. The van der Waals surface area contributed by atoms with Gasteiger partial charge in [-0.3, -0.25) is 9.59 Å². The molecule has 0 aromatic rings. The summed E-state index contributed by atoms with van der Waals surface area (Å²) in [5.74, 6) is -2.97. The Labute approximate surface area is 137 Å². The van der Waals surface area contributed by atoms with E-state index in [4.69, 9.17) is 0 Å². The Morgan fingerprint density at radius 2 is 0.957 bits per heavy atom. The molecule has 0 aromatic heterocycles. The standard InChI is InChI=1S/C13H24O8S2/c1-20-12(14)10-22(16,17)8-6-4-3-5-7-9-23(18,19)11-13(15)21-2/h3-11H2,1-2H3. The average Bonchev–Trinajstić information content (AvgIpc) is 2.44. The van der Waals surface area contributed by atoms with Crippen molar-refractivity contribution < 1.29 is 35.9 Å². The molecular formula is C13H24O8S2. The van der Waals surface area contributed by atoms with Gasteiger partial charge in [-0.25, -0.2) is 16.8 Å². The predicted octanol–water partition coefficient (Wildman–Crippen LogP) is 0.113. The third-order valence-corrected chi connectivity index (χ3v) is 6.21. The van der Waals surface area contributed by atoms with Gasteiger partial charge in [0.1, 0.15) is 11.5 Å². The van der Waals surface area contributed by atoms with Crippen molar-refractivity contribution in [2.45, 2.75) is 32.1 Å². The summed E-state index contributed by atoms with van der Waals surface area (Å²) in [6.07, 6.45) is 2.75. The first-order valence-electron chi connectivity index (χ1n) is 7.16. The lowest BCUT2D eigenvalue weighted by molar-refractivity contribution is -0.138. The van der Waals surface area contributed by atoms with Gasteiger partial charge in [0.05, 0.1) is 25.7 Å². The van der Waals surface area contributed by atoms with Gasteiger partial charge in [-0.05, 0) is 12.8 Å². The zero-order valence-corrected chi connectivity index (χ0v) is 15.1. The number of carbonyl (C=O) groups is 2. The normalized spacial score (nSPS) is 11.9. The Kier molecular flexibility index (Phi) is 10.1. The molecule has 0 aromatic carbocycles. The number of hydrogen-bond acceptors (Lipinski definition) is 8. The lowest BCUT2D eigenvalue weighted by Crippen LogP contribution is -2.20. The van der Waals surface area contributed by atoms with E-state index in [1.807, 2.05) is 0 Å². The molecule has 0 amide bonds. The van der Waals surface area contributed by atoms with Crippen molar-refractivity contribution in [3.63, 3.8) is 0 Å². The van der Waals surface area contributed by atoms with Crippen LogP contribution in [0.15, 0.2) is 0 Å². The van der Waals surface area contributed by atoms with Crippen LogP contribution in [0.2, 0.25) is 0 Å². The molecule has 10 heteroatoms. The second-order valence-electron chi connectivity index (χ2n) is 5.10. The fourth-order valence-electron chi connectivity index (χ4n) is 1.80. The van der Waals surface area contributed by atoms with Crippen molar-refractivity contribution in [1.29, 1.82) is 0 Å². The summed E-state index contributed by atoms with van der Waals surface area (Å²) in [5.41, 5.74) is 0. The number of hydrogen-bond donors (Lipinski definition) is 0. The molecule has 0 rings (SSSR count). The van der Waals surface area contributed by atoms with E-state index in [9.17, 15) is 26.4 Å². The topological polar surface area (TPSA) is 121 Å². The van der Waals surface area contributed by atoms with Crippen LogP contribution < -0.4 is 0 Å². The van der Waals surface area contributed by atoms with Crippen LogP contribution in [0.1, 0.15) is 32.1 Å². The quantitative estimate of drug-likeness (QED) is 0.350. The van der Waals surface area contributed by atoms with Crippen molar-refractivity contribution in [1.82, 2.24) is 0 Å². The smallest absolute Gasteiger partial charge is 0.320 e. The zero-order valence-electron chi connectivity index (χ0n) is 13.4. The van der Waals surface area contributed by atoms with Gasteiger partial charge in [-0.15, -0.1) is 0 Å². The molecule has 0 atom stereocenters. The van der Waals surface area contributed by atoms with Crippen LogP contribution in [0.4, 0.5) is 0 Å². The van der Waals surface area contributed by atoms with Crippen LogP contribution in [0.5, 0.6) is 0 Å². The molecule has 0 fully saturated rings. The van der Waals surface area contributed by atoms with E-state index in [1.165, 1.54) is 0 Å². The van der Waals surface area contributed by atoms with Gasteiger partial charge in [0.25, 0.3) is 0 Å². The average molecular weight is 372 g/mol. The van der Waals surface area contributed by atoms with Crippen molar-refractivity contribution in [3.05, 3.63) is 0 Å².